The first-order chi connectivity index (χ1) is 12.2. The highest BCUT2D eigenvalue weighted by Gasteiger charge is 2.21. The maximum atomic E-state index is 12.4. The number of Topliss-reactive ketones (excluding diaryl/α,β-unsaturated/α-hetero) is 1. The number of sulfonamides is 1. The van der Waals surface area contributed by atoms with E-state index in [2.05, 4.69) is 5.32 Å². The molecule has 138 valence electrons. The van der Waals surface area contributed by atoms with Crippen LogP contribution in [-0.2, 0) is 14.8 Å². The molecule has 0 spiro atoms. The summed E-state index contributed by atoms with van der Waals surface area (Å²) in [6.45, 7) is 1.01. The van der Waals surface area contributed by atoms with Gasteiger partial charge in [-0.15, -0.1) is 11.8 Å². The van der Waals surface area contributed by atoms with Crippen molar-refractivity contribution in [1.29, 1.82) is 0 Å². The topological polar surface area (TPSA) is 83.6 Å². The zero-order valence-electron chi connectivity index (χ0n) is 14.7. The van der Waals surface area contributed by atoms with Crippen molar-refractivity contribution in [2.24, 2.45) is 0 Å². The van der Waals surface area contributed by atoms with Crippen molar-refractivity contribution in [2.75, 3.05) is 28.7 Å². The summed E-state index contributed by atoms with van der Waals surface area (Å²) in [6.07, 6.45) is 2.95. The molecule has 1 amide bonds. The SMILES string of the molecule is CSc1cccc(NC(=O)CN(c2cccc(C(C)=O)c2)S(C)(=O)=O)c1. The van der Waals surface area contributed by atoms with Gasteiger partial charge in [0.1, 0.15) is 6.54 Å². The summed E-state index contributed by atoms with van der Waals surface area (Å²) in [5.74, 6) is -0.652. The highest BCUT2D eigenvalue weighted by Crippen LogP contribution is 2.21. The van der Waals surface area contributed by atoms with Gasteiger partial charge in [-0.2, -0.15) is 0 Å². The molecular formula is C18H20N2O4S2. The molecule has 8 heteroatoms. The first-order valence-corrected chi connectivity index (χ1v) is 10.8. The average molecular weight is 393 g/mol. The van der Waals surface area contributed by atoms with E-state index < -0.39 is 15.9 Å². The standard InChI is InChI=1S/C18H20N2O4S2/c1-13(21)14-6-4-8-16(10-14)20(26(3,23)24)12-18(22)19-15-7-5-9-17(11-15)25-2/h4-11H,12H2,1-3H3,(H,19,22). The van der Waals surface area contributed by atoms with Gasteiger partial charge in [0.05, 0.1) is 11.9 Å². The normalized spacial score (nSPS) is 11.0. The highest BCUT2D eigenvalue weighted by molar-refractivity contribution is 7.98. The summed E-state index contributed by atoms with van der Waals surface area (Å²) in [7, 11) is -3.70. The largest absolute Gasteiger partial charge is 0.324 e. The number of thioether (sulfide) groups is 1. The van der Waals surface area contributed by atoms with Crippen LogP contribution in [0, 0.1) is 0 Å². The zero-order chi connectivity index (χ0) is 19.3. The number of nitrogens with zero attached hydrogens (tertiary/aromatic N) is 1. The molecule has 0 radical (unpaired) electrons. The lowest BCUT2D eigenvalue weighted by Crippen LogP contribution is -2.37. The van der Waals surface area contributed by atoms with Crippen LogP contribution >= 0.6 is 11.8 Å². The van der Waals surface area contributed by atoms with Crippen molar-refractivity contribution >= 4 is 44.9 Å². The van der Waals surface area contributed by atoms with Crippen LogP contribution in [0.1, 0.15) is 17.3 Å². The Labute approximate surface area is 157 Å². The number of hydrogen-bond acceptors (Lipinski definition) is 5. The Morgan fingerprint density at radius 1 is 1.12 bits per heavy atom. The van der Waals surface area contributed by atoms with Gasteiger partial charge in [-0.25, -0.2) is 8.42 Å². The fourth-order valence-corrected chi connectivity index (χ4v) is 3.62. The van der Waals surface area contributed by atoms with Gasteiger partial charge >= 0.3 is 0 Å². The number of ketones is 1. The molecule has 0 aliphatic carbocycles. The fraction of sp³-hybridized carbons (Fsp3) is 0.222. The van der Waals surface area contributed by atoms with E-state index in [-0.39, 0.29) is 18.0 Å². The average Bonchev–Trinajstić information content (AvgIpc) is 2.59. The first kappa shape index (κ1) is 20.0. The van der Waals surface area contributed by atoms with Gasteiger partial charge in [0.15, 0.2) is 5.78 Å². The molecule has 6 nitrogen and oxygen atoms in total. The monoisotopic (exact) mass is 392 g/mol. The Morgan fingerprint density at radius 3 is 2.42 bits per heavy atom. The number of carbonyl (C=O) groups is 2. The minimum absolute atomic E-state index is 0.182. The molecule has 0 saturated heterocycles. The van der Waals surface area contributed by atoms with Crippen LogP contribution in [0.2, 0.25) is 0 Å². The Kier molecular flexibility index (Phi) is 6.44. The number of rotatable bonds is 7. The van der Waals surface area contributed by atoms with Crippen molar-refractivity contribution in [3.8, 4) is 0 Å². The summed E-state index contributed by atoms with van der Waals surface area (Å²) in [4.78, 5) is 24.9. The molecular weight excluding hydrogens is 372 g/mol. The maximum Gasteiger partial charge on any atom is 0.245 e. The molecule has 0 aliphatic heterocycles. The molecule has 0 atom stereocenters. The molecule has 0 unspecified atom stereocenters. The molecule has 2 aromatic rings. The van der Waals surface area contributed by atoms with Crippen LogP contribution < -0.4 is 9.62 Å². The Bertz CT molecular complexity index is 926. The predicted octanol–water partition coefficient (Wildman–Crippen LogP) is 3.02. The third kappa shape index (κ3) is 5.34. The van der Waals surface area contributed by atoms with Gasteiger partial charge in [0.25, 0.3) is 0 Å². The lowest BCUT2D eigenvalue weighted by Gasteiger charge is -2.22. The second-order valence-corrected chi connectivity index (χ2v) is 8.44. The second kappa shape index (κ2) is 8.37. The summed E-state index contributed by atoms with van der Waals surface area (Å²) in [6, 6.07) is 13.5. The number of anilines is 2. The number of amides is 1. The minimum Gasteiger partial charge on any atom is -0.324 e. The van der Waals surface area contributed by atoms with E-state index in [1.54, 1.807) is 24.3 Å². The smallest absolute Gasteiger partial charge is 0.245 e. The quantitative estimate of drug-likeness (QED) is 0.578. The van der Waals surface area contributed by atoms with E-state index in [1.807, 2.05) is 24.5 Å². The summed E-state index contributed by atoms with van der Waals surface area (Å²) < 4.78 is 25.3. The number of carbonyl (C=O) groups excluding carboxylic acids is 2. The van der Waals surface area contributed by atoms with Crippen LogP contribution in [0.3, 0.4) is 0 Å². The summed E-state index contributed by atoms with van der Waals surface area (Å²) >= 11 is 1.54. The predicted molar refractivity (Wildman–Crippen MR) is 105 cm³/mol. The molecule has 0 aromatic heterocycles. The molecule has 0 bridgehead atoms. The van der Waals surface area contributed by atoms with Gasteiger partial charge < -0.3 is 5.32 Å². The number of benzene rings is 2. The van der Waals surface area contributed by atoms with Crippen molar-refractivity contribution in [2.45, 2.75) is 11.8 Å². The van der Waals surface area contributed by atoms with Gasteiger partial charge in [-0.05, 0) is 43.5 Å². The van der Waals surface area contributed by atoms with E-state index in [0.717, 1.165) is 15.5 Å². The fourth-order valence-electron chi connectivity index (χ4n) is 2.31. The highest BCUT2D eigenvalue weighted by atomic mass is 32.2. The minimum atomic E-state index is -3.70. The van der Waals surface area contributed by atoms with Crippen LogP contribution in [0.4, 0.5) is 11.4 Å². The van der Waals surface area contributed by atoms with E-state index in [0.29, 0.717) is 11.3 Å². The Morgan fingerprint density at radius 2 is 1.81 bits per heavy atom. The van der Waals surface area contributed by atoms with Gasteiger partial charge in [0, 0.05) is 16.1 Å². The second-order valence-electron chi connectivity index (χ2n) is 5.66. The molecule has 2 rings (SSSR count). The lowest BCUT2D eigenvalue weighted by atomic mass is 10.1. The van der Waals surface area contributed by atoms with Gasteiger partial charge in [0.2, 0.25) is 15.9 Å². The number of hydrogen-bond donors (Lipinski definition) is 1. The molecule has 2 aromatic carbocycles. The molecule has 0 aliphatic rings. The molecule has 1 N–H and O–H groups in total. The molecule has 0 fully saturated rings. The maximum absolute atomic E-state index is 12.4. The van der Waals surface area contributed by atoms with Crippen molar-refractivity contribution in [1.82, 2.24) is 0 Å². The Balaban J connectivity index is 2.24. The first-order valence-electron chi connectivity index (χ1n) is 7.73. The van der Waals surface area contributed by atoms with Crippen LogP contribution in [-0.4, -0.2) is 39.2 Å². The van der Waals surface area contributed by atoms with Crippen molar-refractivity contribution < 1.29 is 18.0 Å². The van der Waals surface area contributed by atoms with E-state index in [9.17, 15) is 18.0 Å². The van der Waals surface area contributed by atoms with Crippen LogP contribution in [0.25, 0.3) is 0 Å². The lowest BCUT2D eigenvalue weighted by molar-refractivity contribution is -0.114. The Hall–Kier alpha value is -2.32. The van der Waals surface area contributed by atoms with Gasteiger partial charge in [-0.1, -0.05) is 18.2 Å². The van der Waals surface area contributed by atoms with E-state index in [1.165, 1.54) is 24.8 Å². The van der Waals surface area contributed by atoms with Gasteiger partial charge in [-0.3, -0.25) is 13.9 Å². The number of nitrogens with one attached hydrogen (secondary N) is 1. The van der Waals surface area contributed by atoms with E-state index >= 15 is 0 Å². The molecule has 0 heterocycles. The molecule has 0 saturated carbocycles. The van der Waals surface area contributed by atoms with E-state index in [4.69, 9.17) is 0 Å². The molecule has 26 heavy (non-hydrogen) atoms. The summed E-state index contributed by atoms with van der Waals surface area (Å²) in [5, 5.41) is 2.70. The van der Waals surface area contributed by atoms with Crippen LogP contribution in [0.15, 0.2) is 53.4 Å². The van der Waals surface area contributed by atoms with Crippen molar-refractivity contribution in [3.63, 3.8) is 0 Å². The zero-order valence-corrected chi connectivity index (χ0v) is 16.4. The third-order valence-electron chi connectivity index (χ3n) is 3.58. The van der Waals surface area contributed by atoms with Crippen LogP contribution in [0.5, 0.6) is 0 Å². The summed E-state index contributed by atoms with van der Waals surface area (Å²) in [5.41, 5.74) is 1.24. The third-order valence-corrected chi connectivity index (χ3v) is 5.45. The van der Waals surface area contributed by atoms with Crippen molar-refractivity contribution in [3.05, 3.63) is 54.1 Å².